The van der Waals surface area contributed by atoms with E-state index in [1.807, 2.05) is 12.1 Å². The number of rotatable bonds is 7. The lowest BCUT2D eigenvalue weighted by atomic mass is 10.2. The smallest absolute Gasteiger partial charge is 0.157 e. The van der Waals surface area contributed by atoms with Crippen molar-refractivity contribution in [1.29, 1.82) is 0 Å². The number of benzene rings is 1. The van der Waals surface area contributed by atoms with Crippen molar-refractivity contribution in [3.63, 3.8) is 0 Å². The van der Waals surface area contributed by atoms with Gasteiger partial charge in [-0.3, -0.25) is 0 Å². The number of halogens is 1. The lowest BCUT2D eigenvalue weighted by Crippen LogP contribution is -2.31. The Labute approximate surface area is 123 Å². The van der Waals surface area contributed by atoms with Gasteiger partial charge in [-0.05, 0) is 54.1 Å². The van der Waals surface area contributed by atoms with E-state index in [9.17, 15) is 5.11 Å². The fraction of sp³-hybridized carbons (Fsp3) is 0.625. The Bertz CT molecular complexity index is 363. The third kappa shape index (κ3) is 6.48. The molecule has 19 heavy (non-hydrogen) atoms. The van der Waals surface area contributed by atoms with Crippen molar-refractivity contribution in [2.24, 2.45) is 11.8 Å². The maximum Gasteiger partial charge on any atom is 0.157 e. The molecule has 0 atom stereocenters. The van der Waals surface area contributed by atoms with Crippen LogP contribution in [0.2, 0.25) is 18.1 Å². The Kier molecular flexibility index (Phi) is 6.41. The Balaban J connectivity index is 2.64. The fourth-order valence-electron chi connectivity index (χ4n) is 2.78. The van der Waals surface area contributed by atoms with Gasteiger partial charge in [0.05, 0.1) is 0 Å². The number of aryl methyl sites for hydroxylation is 1. The van der Waals surface area contributed by atoms with Crippen LogP contribution in [0.4, 0.5) is 0 Å². The van der Waals surface area contributed by atoms with Crippen molar-refractivity contribution in [2.45, 2.75) is 52.2 Å². The lowest BCUT2D eigenvalue weighted by molar-refractivity contribution is 0.475. The molecule has 0 fully saturated rings. The first-order valence-corrected chi connectivity index (χ1v) is 10.9. The zero-order chi connectivity index (χ0) is 14.5. The highest BCUT2D eigenvalue weighted by Gasteiger charge is 2.32. The van der Waals surface area contributed by atoms with Gasteiger partial charge in [-0.1, -0.05) is 39.8 Å². The largest absolute Gasteiger partial charge is 0.508 e. The van der Waals surface area contributed by atoms with Gasteiger partial charge in [-0.15, -0.1) is 0 Å². The summed E-state index contributed by atoms with van der Waals surface area (Å²) in [6.07, 6.45) is 1.04. The van der Waals surface area contributed by atoms with Crippen LogP contribution in [0.1, 0.15) is 33.3 Å². The third-order valence-corrected chi connectivity index (χ3v) is 9.08. The van der Waals surface area contributed by atoms with Crippen molar-refractivity contribution in [3.05, 3.63) is 29.8 Å². The van der Waals surface area contributed by atoms with Gasteiger partial charge in [0.2, 0.25) is 0 Å². The molecule has 1 aromatic carbocycles. The van der Waals surface area contributed by atoms with E-state index in [0.717, 1.165) is 12.5 Å². The summed E-state index contributed by atoms with van der Waals surface area (Å²) < 4.78 is 0. The van der Waals surface area contributed by atoms with Gasteiger partial charge in [0.15, 0.2) is 7.38 Å². The molecule has 0 aromatic heterocycles. The monoisotopic (exact) mass is 298 g/mol. The van der Waals surface area contributed by atoms with Gasteiger partial charge in [-0.25, -0.2) is 0 Å². The van der Waals surface area contributed by atoms with Crippen LogP contribution in [0, 0.1) is 11.8 Å². The molecule has 3 heteroatoms. The number of aromatic hydroxyl groups is 1. The molecule has 1 N–H and O–H groups in total. The molecule has 0 aliphatic heterocycles. The fourth-order valence-corrected chi connectivity index (χ4v) is 9.16. The summed E-state index contributed by atoms with van der Waals surface area (Å²) in [5.41, 5.74) is 1.28. The maximum atomic E-state index is 9.31. The molecule has 0 saturated carbocycles. The van der Waals surface area contributed by atoms with Crippen molar-refractivity contribution < 1.29 is 5.11 Å². The average molecular weight is 299 g/mol. The van der Waals surface area contributed by atoms with Gasteiger partial charge in [0.25, 0.3) is 0 Å². The summed E-state index contributed by atoms with van der Waals surface area (Å²) in [6.45, 7) is 9.08. The summed E-state index contributed by atoms with van der Waals surface area (Å²) in [7, 11) is -1.66. The molecule has 0 heterocycles. The molecule has 0 saturated heterocycles. The SMILES string of the molecule is CC(C)C[Si](Cl)(CCc1ccc(O)cc1)CC(C)C. The minimum Gasteiger partial charge on any atom is -0.508 e. The zero-order valence-corrected chi connectivity index (χ0v) is 14.4. The molecule has 0 aliphatic rings. The number of hydrogen-bond donors (Lipinski definition) is 1. The average Bonchev–Trinajstić information content (AvgIpc) is 2.26. The lowest BCUT2D eigenvalue weighted by Gasteiger charge is -2.28. The molecule has 0 radical (unpaired) electrons. The van der Waals surface area contributed by atoms with E-state index in [2.05, 4.69) is 27.7 Å². The highest BCUT2D eigenvalue weighted by atomic mass is 35.6. The summed E-state index contributed by atoms with van der Waals surface area (Å²) in [5.74, 6) is 1.70. The predicted octanol–water partition coefficient (Wildman–Crippen LogP) is 5.43. The number of phenolic OH excluding ortho intramolecular Hbond substituents is 1. The Morgan fingerprint density at radius 2 is 1.47 bits per heavy atom. The van der Waals surface area contributed by atoms with Crippen LogP contribution in [0.25, 0.3) is 0 Å². The van der Waals surface area contributed by atoms with Crippen LogP contribution >= 0.6 is 11.1 Å². The van der Waals surface area contributed by atoms with Crippen LogP contribution in [-0.4, -0.2) is 12.5 Å². The molecular weight excluding hydrogens is 272 g/mol. The first-order chi connectivity index (χ1) is 8.81. The molecule has 0 spiro atoms. The first kappa shape index (κ1) is 16.6. The molecule has 0 unspecified atom stereocenters. The second-order valence-electron chi connectivity index (χ2n) is 6.51. The first-order valence-electron chi connectivity index (χ1n) is 7.27. The topological polar surface area (TPSA) is 20.2 Å². The third-order valence-electron chi connectivity index (χ3n) is 3.35. The van der Waals surface area contributed by atoms with Crippen molar-refractivity contribution in [2.75, 3.05) is 0 Å². The van der Waals surface area contributed by atoms with Crippen LogP contribution in [0.3, 0.4) is 0 Å². The molecule has 0 amide bonds. The van der Waals surface area contributed by atoms with Crippen molar-refractivity contribution >= 4 is 18.5 Å². The minimum atomic E-state index is -1.66. The summed E-state index contributed by atoms with van der Waals surface area (Å²) in [6, 6.07) is 11.1. The van der Waals surface area contributed by atoms with Gasteiger partial charge >= 0.3 is 0 Å². The van der Waals surface area contributed by atoms with Gasteiger partial charge < -0.3 is 5.11 Å². The standard InChI is InChI=1S/C16H27ClOSi/c1-13(2)11-19(17,12-14(3)4)10-9-15-5-7-16(18)8-6-15/h5-8,13-14,18H,9-12H2,1-4H3. The van der Waals surface area contributed by atoms with E-state index in [1.54, 1.807) is 12.1 Å². The Morgan fingerprint density at radius 1 is 1.00 bits per heavy atom. The highest BCUT2D eigenvalue weighted by molar-refractivity contribution is 7.20. The van der Waals surface area contributed by atoms with Gasteiger partial charge in [0, 0.05) is 0 Å². The van der Waals surface area contributed by atoms with Crippen LogP contribution in [0.5, 0.6) is 5.75 Å². The normalized spacial score (nSPS) is 12.4. The predicted molar refractivity (Wildman–Crippen MR) is 87.5 cm³/mol. The van der Waals surface area contributed by atoms with Gasteiger partial charge in [-0.2, -0.15) is 11.1 Å². The summed E-state index contributed by atoms with van der Waals surface area (Å²) in [5, 5.41) is 9.31. The molecular formula is C16H27ClOSi. The van der Waals surface area contributed by atoms with Gasteiger partial charge in [0.1, 0.15) is 5.75 Å². The quantitative estimate of drug-likeness (QED) is 0.525. The van der Waals surface area contributed by atoms with E-state index < -0.39 is 7.38 Å². The van der Waals surface area contributed by atoms with Crippen LogP contribution in [0.15, 0.2) is 24.3 Å². The zero-order valence-electron chi connectivity index (χ0n) is 12.6. The molecule has 0 aliphatic carbocycles. The van der Waals surface area contributed by atoms with E-state index in [4.69, 9.17) is 11.1 Å². The second-order valence-corrected chi connectivity index (χ2v) is 12.5. The van der Waals surface area contributed by atoms with Crippen molar-refractivity contribution in [1.82, 2.24) is 0 Å². The van der Waals surface area contributed by atoms with Crippen LogP contribution < -0.4 is 0 Å². The number of phenols is 1. The minimum absolute atomic E-state index is 0.336. The van der Waals surface area contributed by atoms with E-state index in [0.29, 0.717) is 17.6 Å². The van der Waals surface area contributed by atoms with Crippen LogP contribution in [-0.2, 0) is 6.42 Å². The highest BCUT2D eigenvalue weighted by Crippen LogP contribution is 2.33. The molecule has 1 nitrogen and oxygen atoms in total. The van der Waals surface area contributed by atoms with Crippen molar-refractivity contribution in [3.8, 4) is 5.75 Å². The molecule has 1 rings (SSSR count). The van der Waals surface area contributed by atoms with E-state index >= 15 is 0 Å². The molecule has 1 aromatic rings. The Morgan fingerprint density at radius 3 is 1.89 bits per heavy atom. The summed E-state index contributed by atoms with van der Waals surface area (Å²) >= 11 is 7.00. The summed E-state index contributed by atoms with van der Waals surface area (Å²) in [4.78, 5) is 0. The maximum absolute atomic E-state index is 9.31. The number of hydrogen-bond acceptors (Lipinski definition) is 1. The van der Waals surface area contributed by atoms with E-state index in [-0.39, 0.29) is 0 Å². The Hall–Kier alpha value is -0.473. The molecule has 0 bridgehead atoms. The van der Waals surface area contributed by atoms with E-state index in [1.165, 1.54) is 17.7 Å². The molecule has 108 valence electrons. The second kappa shape index (κ2) is 7.35.